The van der Waals surface area contributed by atoms with Crippen LogP contribution in [0.15, 0.2) is 54.6 Å². The van der Waals surface area contributed by atoms with Crippen molar-refractivity contribution in [1.82, 2.24) is 10.2 Å². The number of halogens is 2. The molecule has 0 saturated heterocycles. The van der Waals surface area contributed by atoms with Gasteiger partial charge in [-0.05, 0) is 41.5 Å². The predicted octanol–water partition coefficient (Wildman–Crippen LogP) is 5.09. The Morgan fingerprint density at radius 3 is 2.32 bits per heavy atom. The summed E-state index contributed by atoms with van der Waals surface area (Å²) in [4.78, 5) is 12.0. The van der Waals surface area contributed by atoms with E-state index in [-0.39, 0.29) is 5.91 Å². The summed E-state index contributed by atoms with van der Waals surface area (Å²) in [7, 11) is 0. The Morgan fingerprint density at radius 2 is 1.64 bits per heavy atom. The number of rotatable bonds is 5. The standard InChI is InChI=1S/C18H13Cl2N3OS/c19-14-6-1-12(2-7-14)5-10-16(24)21-18-23-22-17(25-18)11-13-3-8-15(20)9-4-13/h1-10H,11H2,(H,21,23,24)/b10-5+. The number of anilines is 1. The SMILES string of the molecule is O=C(/C=C/c1ccc(Cl)cc1)Nc1nnc(Cc2ccc(Cl)cc2)s1. The van der Waals surface area contributed by atoms with Crippen LogP contribution in [0.25, 0.3) is 6.08 Å². The molecule has 1 aromatic heterocycles. The van der Waals surface area contributed by atoms with E-state index in [4.69, 9.17) is 23.2 Å². The summed E-state index contributed by atoms with van der Waals surface area (Å²) in [5, 5.41) is 13.4. The van der Waals surface area contributed by atoms with Crippen LogP contribution in [0.4, 0.5) is 5.13 Å². The number of carbonyl (C=O) groups is 1. The molecule has 3 rings (SSSR count). The van der Waals surface area contributed by atoms with Gasteiger partial charge in [-0.1, -0.05) is 58.8 Å². The van der Waals surface area contributed by atoms with E-state index in [9.17, 15) is 4.79 Å². The topological polar surface area (TPSA) is 54.9 Å². The summed E-state index contributed by atoms with van der Waals surface area (Å²) >= 11 is 13.0. The molecule has 4 nitrogen and oxygen atoms in total. The van der Waals surface area contributed by atoms with Gasteiger partial charge in [0.05, 0.1) is 0 Å². The number of nitrogens with zero attached hydrogens (tertiary/aromatic N) is 2. The Balaban J connectivity index is 1.57. The lowest BCUT2D eigenvalue weighted by Gasteiger charge is -1.97. The first kappa shape index (κ1) is 17.6. The van der Waals surface area contributed by atoms with E-state index >= 15 is 0 Å². The molecule has 0 radical (unpaired) electrons. The molecule has 3 aromatic rings. The summed E-state index contributed by atoms with van der Waals surface area (Å²) in [6, 6.07) is 14.8. The van der Waals surface area contributed by atoms with Crippen LogP contribution in [0.1, 0.15) is 16.1 Å². The van der Waals surface area contributed by atoms with Crippen molar-refractivity contribution in [3.8, 4) is 0 Å². The van der Waals surface area contributed by atoms with Crippen molar-refractivity contribution < 1.29 is 4.79 Å². The predicted molar refractivity (Wildman–Crippen MR) is 103 cm³/mol. The van der Waals surface area contributed by atoms with Gasteiger partial charge in [0.1, 0.15) is 5.01 Å². The van der Waals surface area contributed by atoms with Gasteiger partial charge in [0.15, 0.2) is 0 Å². The van der Waals surface area contributed by atoms with Crippen molar-refractivity contribution >= 4 is 51.7 Å². The van der Waals surface area contributed by atoms with Crippen LogP contribution in [0.5, 0.6) is 0 Å². The van der Waals surface area contributed by atoms with Crippen molar-refractivity contribution in [2.24, 2.45) is 0 Å². The van der Waals surface area contributed by atoms with E-state index in [0.29, 0.717) is 21.6 Å². The average Bonchev–Trinajstić information content (AvgIpc) is 3.03. The molecule has 7 heteroatoms. The van der Waals surface area contributed by atoms with E-state index in [1.807, 2.05) is 36.4 Å². The van der Waals surface area contributed by atoms with Crippen molar-refractivity contribution in [2.75, 3.05) is 5.32 Å². The Morgan fingerprint density at radius 1 is 1.00 bits per heavy atom. The maximum absolute atomic E-state index is 12.0. The van der Waals surface area contributed by atoms with Crippen LogP contribution < -0.4 is 5.32 Å². The van der Waals surface area contributed by atoms with Crippen molar-refractivity contribution in [3.05, 3.63) is 80.8 Å². The second-order valence-corrected chi connectivity index (χ2v) is 7.11. The normalized spacial score (nSPS) is 11.0. The number of benzene rings is 2. The molecular weight excluding hydrogens is 377 g/mol. The van der Waals surface area contributed by atoms with Crippen molar-refractivity contribution in [3.63, 3.8) is 0 Å². The highest BCUT2D eigenvalue weighted by Crippen LogP contribution is 2.20. The van der Waals surface area contributed by atoms with Crippen LogP contribution >= 0.6 is 34.5 Å². The zero-order valence-corrected chi connectivity index (χ0v) is 15.3. The van der Waals surface area contributed by atoms with Gasteiger partial charge in [0, 0.05) is 22.5 Å². The fraction of sp³-hybridized carbons (Fsp3) is 0.0556. The molecule has 0 aliphatic heterocycles. The van der Waals surface area contributed by atoms with Gasteiger partial charge in [0.2, 0.25) is 11.0 Å². The van der Waals surface area contributed by atoms with Crippen LogP contribution in [-0.4, -0.2) is 16.1 Å². The minimum Gasteiger partial charge on any atom is -0.297 e. The first-order chi connectivity index (χ1) is 12.1. The van der Waals surface area contributed by atoms with Gasteiger partial charge in [0.25, 0.3) is 0 Å². The quantitative estimate of drug-likeness (QED) is 0.618. The second kappa shape index (κ2) is 8.25. The lowest BCUT2D eigenvalue weighted by atomic mass is 10.2. The van der Waals surface area contributed by atoms with E-state index in [0.717, 1.165) is 16.1 Å². The molecule has 1 amide bonds. The van der Waals surface area contributed by atoms with E-state index in [1.165, 1.54) is 17.4 Å². The van der Waals surface area contributed by atoms with Gasteiger partial charge < -0.3 is 0 Å². The lowest BCUT2D eigenvalue weighted by molar-refractivity contribution is -0.111. The molecule has 0 aliphatic rings. The molecule has 0 saturated carbocycles. The molecule has 0 spiro atoms. The highest BCUT2D eigenvalue weighted by molar-refractivity contribution is 7.15. The minimum absolute atomic E-state index is 0.260. The van der Waals surface area contributed by atoms with Crippen LogP contribution in [0, 0.1) is 0 Å². The molecule has 126 valence electrons. The average molecular weight is 390 g/mol. The smallest absolute Gasteiger partial charge is 0.250 e. The first-order valence-electron chi connectivity index (χ1n) is 7.40. The third kappa shape index (κ3) is 5.39. The van der Waals surface area contributed by atoms with Gasteiger partial charge in [-0.2, -0.15) is 0 Å². The molecular formula is C18H13Cl2N3OS. The first-order valence-corrected chi connectivity index (χ1v) is 8.97. The number of nitrogens with one attached hydrogen (secondary N) is 1. The maximum Gasteiger partial charge on any atom is 0.250 e. The van der Waals surface area contributed by atoms with E-state index in [2.05, 4.69) is 15.5 Å². The third-order valence-corrected chi connectivity index (χ3v) is 4.61. The van der Waals surface area contributed by atoms with E-state index in [1.54, 1.807) is 18.2 Å². The number of aromatic nitrogens is 2. The summed E-state index contributed by atoms with van der Waals surface area (Å²) in [5.41, 5.74) is 1.97. The Hall–Kier alpha value is -2.21. The largest absolute Gasteiger partial charge is 0.297 e. The molecule has 2 aromatic carbocycles. The summed E-state index contributed by atoms with van der Waals surface area (Å²) < 4.78 is 0. The summed E-state index contributed by atoms with van der Waals surface area (Å²) in [6.07, 6.45) is 3.80. The van der Waals surface area contributed by atoms with Crippen molar-refractivity contribution in [1.29, 1.82) is 0 Å². The number of carbonyl (C=O) groups excluding carboxylic acids is 1. The van der Waals surface area contributed by atoms with Crippen molar-refractivity contribution in [2.45, 2.75) is 6.42 Å². The molecule has 0 bridgehead atoms. The molecule has 1 heterocycles. The minimum atomic E-state index is -0.260. The molecule has 25 heavy (non-hydrogen) atoms. The molecule has 1 N–H and O–H groups in total. The summed E-state index contributed by atoms with van der Waals surface area (Å²) in [5.74, 6) is -0.260. The zero-order valence-electron chi connectivity index (χ0n) is 12.9. The highest BCUT2D eigenvalue weighted by atomic mass is 35.5. The number of amides is 1. The van der Waals surface area contributed by atoms with Gasteiger partial charge >= 0.3 is 0 Å². The molecule has 0 fully saturated rings. The van der Waals surface area contributed by atoms with Crippen LogP contribution in [-0.2, 0) is 11.2 Å². The monoisotopic (exact) mass is 389 g/mol. The lowest BCUT2D eigenvalue weighted by Crippen LogP contribution is -2.07. The fourth-order valence-corrected chi connectivity index (χ4v) is 3.07. The molecule has 0 aliphatic carbocycles. The maximum atomic E-state index is 12.0. The Bertz CT molecular complexity index is 889. The van der Waals surface area contributed by atoms with E-state index < -0.39 is 0 Å². The van der Waals surface area contributed by atoms with Crippen LogP contribution in [0.3, 0.4) is 0 Å². The highest BCUT2D eigenvalue weighted by Gasteiger charge is 2.07. The van der Waals surface area contributed by atoms with Gasteiger partial charge in [-0.3, -0.25) is 10.1 Å². The molecule has 0 unspecified atom stereocenters. The van der Waals surface area contributed by atoms with Crippen LogP contribution in [0.2, 0.25) is 10.0 Å². The fourth-order valence-electron chi connectivity index (χ4n) is 2.05. The number of hydrogen-bond donors (Lipinski definition) is 1. The van der Waals surface area contributed by atoms with Gasteiger partial charge in [-0.25, -0.2) is 0 Å². The summed E-state index contributed by atoms with van der Waals surface area (Å²) in [6.45, 7) is 0. The zero-order chi connectivity index (χ0) is 17.6. The number of hydrogen-bond acceptors (Lipinski definition) is 4. The Labute approximate surface area is 159 Å². The molecule has 0 atom stereocenters. The second-order valence-electron chi connectivity index (χ2n) is 5.18. The van der Waals surface area contributed by atoms with Gasteiger partial charge in [-0.15, -0.1) is 10.2 Å². The Kier molecular flexibility index (Phi) is 5.81. The third-order valence-electron chi connectivity index (χ3n) is 3.26.